The number of hydrogen-bond acceptors (Lipinski definition) is 6. The number of rotatable bonds is 6. The minimum Gasteiger partial charge on any atom is -0.419 e. The van der Waals surface area contributed by atoms with Crippen LogP contribution < -0.4 is 5.32 Å². The Hall–Kier alpha value is -3.33. The van der Waals surface area contributed by atoms with E-state index >= 15 is 0 Å². The highest BCUT2D eigenvalue weighted by Gasteiger charge is 2.19. The minimum atomic E-state index is -0.453. The number of hydrogen-bond donors (Lipinski definition) is 1. The molecule has 1 N–H and O–H groups in total. The molecular formula is C20H21N5O3S. The molecule has 3 aromatic rings. The zero-order valence-electron chi connectivity index (χ0n) is 16.3. The molecule has 0 unspecified atom stereocenters. The van der Waals surface area contributed by atoms with E-state index in [9.17, 15) is 10.1 Å². The standard InChI is InChI=1S/C20H21N5O3S/c1-13(2)24(20(29)21-16-6-4-5-14(3)11-16)12-18-22-23-19(28-18)15-7-9-17(10-8-15)25(26)27/h4-11,13H,12H2,1-3H3,(H,21,29). The van der Waals surface area contributed by atoms with Gasteiger partial charge in [-0.2, -0.15) is 0 Å². The SMILES string of the molecule is Cc1cccc(NC(=S)N(Cc2nnc(-c3ccc([N+](=O)[O-])cc3)o2)C(C)C)c1. The first kappa shape index (κ1) is 20.4. The van der Waals surface area contributed by atoms with Crippen LogP contribution in [0.25, 0.3) is 11.5 Å². The van der Waals surface area contributed by atoms with Crippen LogP contribution in [-0.2, 0) is 6.54 Å². The molecule has 0 amide bonds. The molecule has 0 aliphatic rings. The number of non-ortho nitro benzene ring substituents is 1. The van der Waals surface area contributed by atoms with Crippen molar-refractivity contribution in [2.24, 2.45) is 0 Å². The minimum absolute atomic E-state index is 0.00652. The molecule has 1 heterocycles. The summed E-state index contributed by atoms with van der Waals surface area (Å²) < 4.78 is 5.75. The smallest absolute Gasteiger partial charge is 0.269 e. The highest BCUT2D eigenvalue weighted by molar-refractivity contribution is 7.80. The van der Waals surface area contributed by atoms with Gasteiger partial charge >= 0.3 is 0 Å². The van der Waals surface area contributed by atoms with E-state index in [2.05, 4.69) is 15.5 Å². The summed E-state index contributed by atoms with van der Waals surface area (Å²) in [7, 11) is 0. The number of aryl methyl sites for hydroxylation is 1. The van der Waals surface area contributed by atoms with Crippen molar-refractivity contribution in [1.29, 1.82) is 0 Å². The lowest BCUT2D eigenvalue weighted by atomic mass is 10.2. The number of nitrogens with one attached hydrogen (secondary N) is 1. The average Bonchev–Trinajstić information content (AvgIpc) is 3.14. The lowest BCUT2D eigenvalue weighted by Gasteiger charge is -2.28. The predicted octanol–water partition coefficient (Wildman–Crippen LogP) is 4.56. The summed E-state index contributed by atoms with van der Waals surface area (Å²) in [5, 5.41) is 22.7. The predicted molar refractivity (Wildman–Crippen MR) is 114 cm³/mol. The van der Waals surface area contributed by atoms with E-state index in [4.69, 9.17) is 16.6 Å². The van der Waals surface area contributed by atoms with E-state index in [0.717, 1.165) is 11.3 Å². The lowest BCUT2D eigenvalue weighted by molar-refractivity contribution is -0.384. The monoisotopic (exact) mass is 411 g/mol. The number of nitro groups is 1. The molecule has 150 valence electrons. The third-order valence-corrected chi connectivity index (χ3v) is 4.59. The molecule has 0 bridgehead atoms. The molecule has 0 aliphatic heterocycles. The maximum absolute atomic E-state index is 10.8. The van der Waals surface area contributed by atoms with Crippen LogP contribution >= 0.6 is 12.2 Å². The van der Waals surface area contributed by atoms with E-state index in [1.807, 2.05) is 49.9 Å². The number of nitrogens with zero attached hydrogens (tertiary/aromatic N) is 4. The Balaban J connectivity index is 1.72. The second-order valence-corrected chi connectivity index (χ2v) is 7.21. The van der Waals surface area contributed by atoms with Gasteiger partial charge in [0.1, 0.15) is 0 Å². The maximum Gasteiger partial charge on any atom is 0.269 e. The van der Waals surface area contributed by atoms with Crippen molar-refractivity contribution in [2.45, 2.75) is 33.4 Å². The molecule has 0 fully saturated rings. The molecule has 2 aromatic carbocycles. The van der Waals surface area contributed by atoms with Crippen LogP contribution in [0.4, 0.5) is 11.4 Å². The Morgan fingerprint density at radius 1 is 1.24 bits per heavy atom. The van der Waals surface area contributed by atoms with Crippen LogP contribution in [0.3, 0.4) is 0 Å². The van der Waals surface area contributed by atoms with Gasteiger partial charge in [-0.1, -0.05) is 12.1 Å². The molecule has 0 spiro atoms. The van der Waals surface area contributed by atoms with Gasteiger partial charge in [0.15, 0.2) is 5.11 Å². The van der Waals surface area contributed by atoms with E-state index < -0.39 is 4.92 Å². The van der Waals surface area contributed by atoms with Crippen molar-refractivity contribution >= 4 is 28.7 Å². The maximum atomic E-state index is 10.8. The summed E-state index contributed by atoms with van der Waals surface area (Å²) in [6.07, 6.45) is 0. The molecule has 0 aliphatic carbocycles. The Morgan fingerprint density at radius 3 is 2.59 bits per heavy atom. The Labute approximate surface area is 173 Å². The molecule has 9 heteroatoms. The van der Waals surface area contributed by atoms with E-state index in [-0.39, 0.29) is 11.7 Å². The first-order valence-corrected chi connectivity index (χ1v) is 9.46. The molecule has 0 radical (unpaired) electrons. The summed E-state index contributed by atoms with van der Waals surface area (Å²) in [4.78, 5) is 12.3. The Morgan fingerprint density at radius 2 is 1.97 bits per heavy atom. The molecular weight excluding hydrogens is 390 g/mol. The van der Waals surface area contributed by atoms with Crippen LogP contribution in [-0.4, -0.2) is 31.2 Å². The number of thiocarbonyl (C=S) groups is 1. The van der Waals surface area contributed by atoms with Crippen molar-refractivity contribution in [2.75, 3.05) is 5.32 Å². The van der Waals surface area contributed by atoms with Crippen LogP contribution in [0.1, 0.15) is 25.3 Å². The zero-order chi connectivity index (χ0) is 21.0. The van der Waals surface area contributed by atoms with Gasteiger partial charge in [0.2, 0.25) is 11.8 Å². The largest absolute Gasteiger partial charge is 0.419 e. The molecule has 1 aromatic heterocycles. The van der Waals surface area contributed by atoms with Crippen molar-refractivity contribution in [1.82, 2.24) is 15.1 Å². The van der Waals surface area contributed by atoms with E-state index in [1.54, 1.807) is 12.1 Å². The fraction of sp³-hybridized carbons (Fsp3) is 0.250. The highest BCUT2D eigenvalue weighted by Crippen LogP contribution is 2.22. The van der Waals surface area contributed by atoms with Crippen LogP contribution in [0, 0.1) is 17.0 Å². The van der Waals surface area contributed by atoms with Crippen LogP contribution in [0.15, 0.2) is 52.9 Å². The van der Waals surface area contributed by atoms with Crippen LogP contribution in [0.2, 0.25) is 0 Å². The van der Waals surface area contributed by atoms with Crippen molar-refractivity contribution in [3.05, 3.63) is 70.1 Å². The van der Waals surface area contributed by atoms with Gasteiger partial charge in [0.25, 0.3) is 5.69 Å². The van der Waals surface area contributed by atoms with Crippen molar-refractivity contribution in [3.63, 3.8) is 0 Å². The third kappa shape index (κ3) is 5.14. The summed E-state index contributed by atoms with van der Waals surface area (Å²) in [6, 6.07) is 14.0. The van der Waals surface area contributed by atoms with Crippen LogP contribution in [0.5, 0.6) is 0 Å². The first-order chi connectivity index (χ1) is 13.8. The number of nitro benzene ring substituents is 1. The van der Waals surface area contributed by atoms with Gasteiger partial charge in [0.05, 0.1) is 11.5 Å². The second kappa shape index (κ2) is 8.78. The van der Waals surface area contributed by atoms with Gasteiger partial charge < -0.3 is 14.6 Å². The zero-order valence-corrected chi connectivity index (χ0v) is 17.1. The summed E-state index contributed by atoms with van der Waals surface area (Å²) in [5.74, 6) is 0.705. The average molecular weight is 411 g/mol. The highest BCUT2D eigenvalue weighted by atomic mass is 32.1. The van der Waals surface area contributed by atoms with E-state index in [1.165, 1.54) is 12.1 Å². The number of aromatic nitrogens is 2. The van der Waals surface area contributed by atoms with Crippen molar-refractivity contribution in [3.8, 4) is 11.5 Å². The quantitative estimate of drug-likeness (QED) is 0.358. The van der Waals surface area contributed by atoms with Gasteiger partial charge in [-0.05, 0) is 62.8 Å². The van der Waals surface area contributed by atoms with Crippen molar-refractivity contribution < 1.29 is 9.34 Å². The van der Waals surface area contributed by atoms with Gasteiger partial charge in [0, 0.05) is 29.4 Å². The van der Waals surface area contributed by atoms with Gasteiger partial charge in [-0.15, -0.1) is 10.2 Å². The van der Waals surface area contributed by atoms with Gasteiger partial charge in [-0.25, -0.2) is 0 Å². The Bertz CT molecular complexity index is 1020. The normalized spacial score (nSPS) is 10.8. The van der Waals surface area contributed by atoms with Gasteiger partial charge in [-0.3, -0.25) is 10.1 Å². The first-order valence-electron chi connectivity index (χ1n) is 9.05. The molecule has 0 saturated carbocycles. The molecule has 3 rings (SSSR count). The number of anilines is 1. The van der Waals surface area contributed by atoms with E-state index in [0.29, 0.717) is 29.0 Å². The summed E-state index contributed by atoms with van der Waals surface area (Å²) >= 11 is 5.58. The fourth-order valence-electron chi connectivity index (χ4n) is 2.71. The summed E-state index contributed by atoms with van der Waals surface area (Å²) in [5.41, 5.74) is 2.68. The molecule has 8 nitrogen and oxygen atoms in total. The molecule has 0 saturated heterocycles. The molecule has 29 heavy (non-hydrogen) atoms. The number of benzene rings is 2. The topological polar surface area (TPSA) is 97.3 Å². The summed E-state index contributed by atoms with van der Waals surface area (Å²) in [6.45, 7) is 6.41. The Kier molecular flexibility index (Phi) is 6.18. The molecule has 0 atom stereocenters. The lowest BCUT2D eigenvalue weighted by Crippen LogP contribution is -2.39. The third-order valence-electron chi connectivity index (χ3n) is 4.25. The fourth-order valence-corrected chi connectivity index (χ4v) is 3.11. The second-order valence-electron chi connectivity index (χ2n) is 6.83.